The van der Waals surface area contributed by atoms with Crippen molar-refractivity contribution >= 4 is 33.6 Å². The zero-order valence-electron chi connectivity index (χ0n) is 15.0. The van der Waals surface area contributed by atoms with E-state index in [2.05, 4.69) is 20.7 Å². The molecule has 2 rings (SSSR count). The van der Waals surface area contributed by atoms with Crippen LogP contribution in [0.4, 0.5) is 8.78 Å². The zero-order valence-corrected chi connectivity index (χ0v) is 17.4. The van der Waals surface area contributed by atoms with E-state index in [0.717, 1.165) is 9.37 Å². The average molecular weight is 460 g/mol. The molecular weight excluding hydrogens is 440 g/mol. The predicted molar refractivity (Wildman–Crippen MR) is 106 cm³/mol. The van der Waals surface area contributed by atoms with E-state index >= 15 is 0 Å². The lowest BCUT2D eigenvalue weighted by Crippen LogP contribution is -2.26. The molecule has 0 saturated carbocycles. The summed E-state index contributed by atoms with van der Waals surface area (Å²) < 4.78 is 35.5. The number of nitrogens with zero attached hydrogens (tertiary/aromatic N) is 1. The third-order valence-electron chi connectivity index (χ3n) is 3.69. The van der Waals surface area contributed by atoms with Gasteiger partial charge in [-0.15, -0.1) is 11.8 Å². The van der Waals surface area contributed by atoms with E-state index in [1.54, 1.807) is 35.8 Å². The van der Waals surface area contributed by atoms with Gasteiger partial charge in [0.15, 0.2) is 11.5 Å². The molecule has 0 unspecified atom stereocenters. The van der Waals surface area contributed by atoms with Crippen LogP contribution in [0.2, 0.25) is 0 Å². The second kappa shape index (κ2) is 10.5. The lowest BCUT2D eigenvalue weighted by atomic mass is 10.2. The van der Waals surface area contributed by atoms with Crippen LogP contribution in [-0.2, 0) is 11.3 Å². The van der Waals surface area contributed by atoms with Crippen molar-refractivity contribution in [3.63, 3.8) is 0 Å². The number of methoxy groups -OCH3 is 1. The van der Waals surface area contributed by atoms with Gasteiger partial charge >= 0.3 is 6.61 Å². The molecule has 0 radical (unpaired) electrons. The van der Waals surface area contributed by atoms with Crippen LogP contribution in [0.3, 0.4) is 0 Å². The molecule has 1 amide bonds. The molecule has 4 nitrogen and oxygen atoms in total. The van der Waals surface area contributed by atoms with Gasteiger partial charge in [0.1, 0.15) is 0 Å². The standard InChI is InChI=1S/C19H20BrF2NO3S/c1-23(18(24)9-10-27-15-6-4-14(20)5-7-15)12-13-3-8-16(25-2)17(11-13)26-19(21)22/h3-8,11,19H,9-10,12H2,1-2H3. The molecule has 0 fully saturated rings. The second-order valence-electron chi connectivity index (χ2n) is 5.67. The first-order valence-electron chi connectivity index (χ1n) is 8.13. The van der Waals surface area contributed by atoms with Crippen LogP contribution < -0.4 is 9.47 Å². The minimum Gasteiger partial charge on any atom is -0.493 e. The van der Waals surface area contributed by atoms with Gasteiger partial charge < -0.3 is 14.4 Å². The first-order valence-corrected chi connectivity index (χ1v) is 9.91. The van der Waals surface area contributed by atoms with E-state index in [-0.39, 0.29) is 17.4 Å². The van der Waals surface area contributed by atoms with Crippen LogP contribution in [0.5, 0.6) is 11.5 Å². The van der Waals surface area contributed by atoms with Gasteiger partial charge in [-0.1, -0.05) is 22.0 Å². The molecule has 0 atom stereocenters. The summed E-state index contributed by atoms with van der Waals surface area (Å²) in [6.07, 6.45) is 0.383. The van der Waals surface area contributed by atoms with E-state index < -0.39 is 6.61 Å². The molecule has 0 aliphatic heterocycles. The second-order valence-corrected chi connectivity index (χ2v) is 7.75. The van der Waals surface area contributed by atoms with Crippen molar-refractivity contribution in [3.8, 4) is 11.5 Å². The molecule has 2 aromatic carbocycles. The van der Waals surface area contributed by atoms with Gasteiger partial charge in [-0.3, -0.25) is 4.79 Å². The Balaban J connectivity index is 1.88. The van der Waals surface area contributed by atoms with Crippen molar-refractivity contribution in [1.29, 1.82) is 0 Å². The zero-order chi connectivity index (χ0) is 19.8. The number of thioether (sulfide) groups is 1. The summed E-state index contributed by atoms with van der Waals surface area (Å²) in [6.45, 7) is -2.64. The van der Waals surface area contributed by atoms with Crippen LogP contribution in [0, 0.1) is 0 Å². The maximum absolute atomic E-state index is 12.5. The molecule has 0 aliphatic rings. The van der Waals surface area contributed by atoms with Gasteiger partial charge in [0.25, 0.3) is 0 Å². The number of hydrogen-bond acceptors (Lipinski definition) is 4. The number of alkyl halides is 2. The maximum atomic E-state index is 12.5. The van der Waals surface area contributed by atoms with Crippen molar-refractivity contribution in [3.05, 3.63) is 52.5 Å². The normalized spacial score (nSPS) is 10.7. The fourth-order valence-corrected chi connectivity index (χ4v) is 3.45. The maximum Gasteiger partial charge on any atom is 0.387 e. The monoisotopic (exact) mass is 459 g/mol. The summed E-state index contributed by atoms with van der Waals surface area (Å²) in [6, 6.07) is 12.6. The minimum absolute atomic E-state index is 0.0215. The molecular formula is C19H20BrF2NO3S. The third-order valence-corrected chi connectivity index (χ3v) is 5.23. The molecule has 0 saturated heterocycles. The number of ether oxygens (including phenoxy) is 2. The SMILES string of the molecule is COc1ccc(CN(C)C(=O)CCSc2ccc(Br)cc2)cc1OC(F)F. The molecule has 27 heavy (non-hydrogen) atoms. The molecule has 0 bridgehead atoms. The number of carbonyl (C=O) groups is 1. The van der Waals surface area contributed by atoms with E-state index in [0.29, 0.717) is 24.3 Å². The van der Waals surface area contributed by atoms with Crippen molar-refractivity contribution in [2.75, 3.05) is 19.9 Å². The van der Waals surface area contributed by atoms with Crippen LogP contribution in [-0.4, -0.2) is 37.3 Å². The summed E-state index contributed by atoms with van der Waals surface area (Å²) in [7, 11) is 3.07. The average Bonchev–Trinajstić information content (AvgIpc) is 2.63. The Bertz CT molecular complexity index is 759. The molecule has 0 spiro atoms. The molecule has 2 aromatic rings. The molecule has 0 aliphatic carbocycles. The first-order chi connectivity index (χ1) is 12.9. The lowest BCUT2D eigenvalue weighted by molar-refractivity contribution is -0.129. The Kier molecular flexibility index (Phi) is 8.37. The highest BCUT2D eigenvalue weighted by atomic mass is 79.9. The summed E-state index contributed by atoms with van der Waals surface area (Å²) in [5.41, 5.74) is 0.683. The van der Waals surface area contributed by atoms with Gasteiger partial charge in [0.2, 0.25) is 5.91 Å². The van der Waals surface area contributed by atoms with Crippen LogP contribution in [0.1, 0.15) is 12.0 Å². The number of benzene rings is 2. The molecule has 0 heterocycles. The third kappa shape index (κ3) is 7.03. The molecule has 146 valence electrons. The smallest absolute Gasteiger partial charge is 0.387 e. The number of amides is 1. The van der Waals surface area contributed by atoms with Gasteiger partial charge in [0.05, 0.1) is 7.11 Å². The lowest BCUT2D eigenvalue weighted by Gasteiger charge is -2.18. The Morgan fingerprint density at radius 2 is 1.89 bits per heavy atom. The van der Waals surface area contributed by atoms with Crippen LogP contribution >= 0.6 is 27.7 Å². The van der Waals surface area contributed by atoms with E-state index in [9.17, 15) is 13.6 Å². The Hall–Kier alpha value is -1.80. The number of halogens is 3. The first kappa shape index (κ1) is 21.5. The largest absolute Gasteiger partial charge is 0.493 e. The van der Waals surface area contributed by atoms with Crippen molar-refractivity contribution in [2.45, 2.75) is 24.5 Å². The molecule has 0 aromatic heterocycles. The van der Waals surface area contributed by atoms with Crippen LogP contribution in [0.25, 0.3) is 0 Å². The van der Waals surface area contributed by atoms with E-state index in [4.69, 9.17) is 4.74 Å². The van der Waals surface area contributed by atoms with Gasteiger partial charge in [0, 0.05) is 35.1 Å². The van der Waals surface area contributed by atoms with Gasteiger partial charge in [-0.25, -0.2) is 0 Å². The summed E-state index contributed by atoms with van der Waals surface area (Å²) in [4.78, 5) is 15.0. The van der Waals surface area contributed by atoms with Crippen molar-refractivity contribution in [2.24, 2.45) is 0 Å². The molecule has 0 N–H and O–H groups in total. The van der Waals surface area contributed by atoms with Gasteiger partial charge in [-0.05, 0) is 42.0 Å². The summed E-state index contributed by atoms with van der Waals surface area (Å²) in [5.74, 6) is 0.815. The minimum atomic E-state index is -2.94. The fraction of sp³-hybridized carbons (Fsp3) is 0.316. The Labute approximate surface area is 170 Å². The predicted octanol–water partition coefficient (Wildman–Crippen LogP) is 5.20. The number of rotatable bonds is 9. The van der Waals surface area contributed by atoms with Crippen molar-refractivity contribution in [1.82, 2.24) is 4.90 Å². The van der Waals surface area contributed by atoms with E-state index in [1.807, 2.05) is 24.3 Å². The molecule has 8 heteroatoms. The Morgan fingerprint density at radius 1 is 1.19 bits per heavy atom. The van der Waals surface area contributed by atoms with Crippen molar-refractivity contribution < 1.29 is 23.0 Å². The Morgan fingerprint density at radius 3 is 2.52 bits per heavy atom. The highest BCUT2D eigenvalue weighted by Crippen LogP contribution is 2.30. The van der Waals surface area contributed by atoms with Gasteiger partial charge in [-0.2, -0.15) is 8.78 Å². The highest BCUT2D eigenvalue weighted by molar-refractivity contribution is 9.10. The quantitative estimate of drug-likeness (QED) is 0.483. The highest BCUT2D eigenvalue weighted by Gasteiger charge is 2.14. The summed E-state index contributed by atoms with van der Waals surface area (Å²) in [5, 5.41) is 0. The number of carbonyl (C=O) groups excluding carboxylic acids is 1. The topological polar surface area (TPSA) is 38.8 Å². The van der Waals surface area contributed by atoms with E-state index in [1.165, 1.54) is 13.2 Å². The summed E-state index contributed by atoms with van der Waals surface area (Å²) >= 11 is 4.99. The van der Waals surface area contributed by atoms with Crippen LogP contribution in [0.15, 0.2) is 51.8 Å². The fourth-order valence-electron chi connectivity index (χ4n) is 2.35. The number of hydrogen-bond donors (Lipinski definition) is 0.